The van der Waals surface area contributed by atoms with Crippen LogP contribution >= 0.6 is 0 Å². The first-order valence-electron chi connectivity index (χ1n) is 6.65. The maximum absolute atomic E-state index is 11.0. The lowest BCUT2D eigenvalue weighted by Gasteiger charge is -2.10. The predicted molar refractivity (Wildman–Crippen MR) is 82.6 cm³/mol. The number of rotatable bonds is 3. The number of pyridine rings is 1. The van der Waals surface area contributed by atoms with Crippen molar-refractivity contribution in [2.75, 3.05) is 5.32 Å². The SMILES string of the molecule is O=C(O)Nc1cc2ccccc2nc1Cc1ccccc1. The number of carbonyl (C=O) groups is 1. The molecule has 3 aromatic rings. The number of hydrogen-bond donors (Lipinski definition) is 2. The van der Waals surface area contributed by atoms with Crippen molar-refractivity contribution in [3.8, 4) is 0 Å². The lowest BCUT2D eigenvalue weighted by Crippen LogP contribution is -2.10. The molecule has 0 saturated carbocycles. The van der Waals surface area contributed by atoms with Gasteiger partial charge < -0.3 is 5.11 Å². The van der Waals surface area contributed by atoms with Crippen LogP contribution in [0.1, 0.15) is 11.3 Å². The number of aromatic nitrogens is 1. The van der Waals surface area contributed by atoms with E-state index in [1.165, 1.54) is 0 Å². The van der Waals surface area contributed by atoms with Gasteiger partial charge in [-0.2, -0.15) is 0 Å². The zero-order chi connectivity index (χ0) is 14.7. The second kappa shape index (κ2) is 5.63. The lowest BCUT2D eigenvalue weighted by molar-refractivity contribution is 0.209. The van der Waals surface area contributed by atoms with Crippen molar-refractivity contribution in [3.05, 3.63) is 71.9 Å². The van der Waals surface area contributed by atoms with Crippen LogP contribution in [-0.2, 0) is 6.42 Å². The van der Waals surface area contributed by atoms with Gasteiger partial charge in [0.05, 0.1) is 16.9 Å². The number of nitrogens with one attached hydrogen (secondary N) is 1. The normalized spacial score (nSPS) is 10.5. The molecule has 0 spiro atoms. The summed E-state index contributed by atoms with van der Waals surface area (Å²) in [5.41, 5.74) is 3.21. The molecule has 0 aliphatic rings. The van der Waals surface area contributed by atoms with E-state index in [2.05, 4.69) is 10.3 Å². The van der Waals surface area contributed by atoms with Crippen molar-refractivity contribution in [1.29, 1.82) is 0 Å². The van der Waals surface area contributed by atoms with Gasteiger partial charge in [-0.15, -0.1) is 0 Å². The highest BCUT2D eigenvalue weighted by molar-refractivity contribution is 5.89. The molecule has 0 aliphatic heterocycles. The molecule has 4 nitrogen and oxygen atoms in total. The van der Waals surface area contributed by atoms with E-state index in [0.29, 0.717) is 12.1 Å². The molecule has 0 radical (unpaired) electrons. The molecule has 0 fully saturated rings. The number of amides is 1. The third kappa shape index (κ3) is 3.00. The number of anilines is 1. The summed E-state index contributed by atoms with van der Waals surface area (Å²) in [4.78, 5) is 15.6. The predicted octanol–water partition coefficient (Wildman–Crippen LogP) is 3.92. The van der Waals surface area contributed by atoms with Crippen molar-refractivity contribution >= 4 is 22.7 Å². The quantitative estimate of drug-likeness (QED) is 0.763. The molecule has 104 valence electrons. The molecule has 1 aromatic heterocycles. The van der Waals surface area contributed by atoms with Crippen LogP contribution in [-0.4, -0.2) is 16.2 Å². The Bertz CT molecular complexity index is 785. The lowest BCUT2D eigenvalue weighted by atomic mass is 10.1. The molecule has 0 aliphatic carbocycles. The minimum Gasteiger partial charge on any atom is -0.465 e. The van der Waals surface area contributed by atoms with Crippen LogP contribution in [0, 0.1) is 0 Å². The Kier molecular flexibility index (Phi) is 3.51. The fourth-order valence-corrected chi connectivity index (χ4v) is 2.30. The maximum atomic E-state index is 11.0. The van der Waals surface area contributed by atoms with Crippen molar-refractivity contribution in [1.82, 2.24) is 4.98 Å². The van der Waals surface area contributed by atoms with E-state index in [9.17, 15) is 4.79 Å². The van der Waals surface area contributed by atoms with Crippen LogP contribution in [0.2, 0.25) is 0 Å². The number of carboxylic acid groups (broad SMARTS) is 1. The van der Waals surface area contributed by atoms with Crippen LogP contribution in [0.4, 0.5) is 10.5 Å². The van der Waals surface area contributed by atoms with Gasteiger partial charge in [0.15, 0.2) is 0 Å². The average Bonchev–Trinajstić information content (AvgIpc) is 2.48. The summed E-state index contributed by atoms with van der Waals surface area (Å²) in [5, 5.41) is 12.3. The molecule has 2 aromatic carbocycles. The summed E-state index contributed by atoms with van der Waals surface area (Å²) < 4.78 is 0. The number of hydrogen-bond acceptors (Lipinski definition) is 2. The molecule has 4 heteroatoms. The maximum Gasteiger partial charge on any atom is 0.409 e. The number of fused-ring (bicyclic) bond motifs is 1. The Morgan fingerprint density at radius 3 is 2.52 bits per heavy atom. The van der Waals surface area contributed by atoms with E-state index in [1.807, 2.05) is 60.7 Å². The van der Waals surface area contributed by atoms with Crippen molar-refractivity contribution in [2.24, 2.45) is 0 Å². The van der Waals surface area contributed by atoms with E-state index in [4.69, 9.17) is 5.11 Å². The minimum absolute atomic E-state index is 0.532. The van der Waals surface area contributed by atoms with Crippen molar-refractivity contribution in [2.45, 2.75) is 6.42 Å². The highest BCUT2D eigenvalue weighted by Crippen LogP contribution is 2.23. The molecule has 0 unspecified atom stereocenters. The smallest absolute Gasteiger partial charge is 0.409 e. The molecule has 0 bridgehead atoms. The first-order chi connectivity index (χ1) is 10.2. The summed E-state index contributed by atoms with van der Waals surface area (Å²) in [6.45, 7) is 0. The fraction of sp³-hybridized carbons (Fsp3) is 0.0588. The zero-order valence-corrected chi connectivity index (χ0v) is 11.3. The van der Waals surface area contributed by atoms with Gasteiger partial charge in [-0.3, -0.25) is 10.3 Å². The molecule has 1 heterocycles. The van der Waals surface area contributed by atoms with Gasteiger partial charge in [0, 0.05) is 11.8 Å². The second-order valence-electron chi connectivity index (χ2n) is 4.77. The van der Waals surface area contributed by atoms with E-state index in [0.717, 1.165) is 22.2 Å². The molecule has 2 N–H and O–H groups in total. The van der Waals surface area contributed by atoms with Crippen molar-refractivity contribution < 1.29 is 9.90 Å². The topological polar surface area (TPSA) is 62.2 Å². The standard InChI is InChI=1S/C17H14N2O2/c20-17(21)19-16-11-13-8-4-5-9-14(13)18-15(16)10-12-6-2-1-3-7-12/h1-9,11,19H,10H2,(H,20,21). The molecule has 1 amide bonds. The van der Waals surface area contributed by atoms with Gasteiger partial charge in [0.2, 0.25) is 0 Å². The third-order valence-electron chi connectivity index (χ3n) is 3.26. The number of benzene rings is 2. The van der Waals surface area contributed by atoms with E-state index in [-0.39, 0.29) is 0 Å². The van der Waals surface area contributed by atoms with Crippen molar-refractivity contribution in [3.63, 3.8) is 0 Å². The largest absolute Gasteiger partial charge is 0.465 e. The minimum atomic E-state index is -1.08. The molecule has 0 atom stereocenters. The first-order valence-corrected chi connectivity index (χ1v) is 6.65. The van der Waals surface area contributed by atoms with Gasteiger partial charge in [0.25, 0.3) is 0 Å². The van der Waals surface area contributed by atoms with Crippen LogP contribution in [0.5, 0.6) is 0 Å². The number of para-hydroxylation sites is 1. The van der Waals surface area contributed by atoms with Crippen LogP contribution < -0.4 is 5.32 Å². The van der Waals surface area contributed by atoms with Gasteiger partial charge >= 0.3 is 6.09 Å². The summed E-state index contributed by atoms with van der Waals surface area (Å²) in [5.74, 6) is 0. The fourth-order valence-electron chi connectivity index (χ4n) is 2.30. The van der Waals surface area contributed by atoms with E-state index in [1.54, 1.807) is 0 Å². The summed E-state index contributed by atoms with van der Waals surface area (Å²) >= 11 is 0. The highest BCUT2D eigenvalue weighted by Gasteiger charge is 2.10. The van der Waals surface area contributed by atoms with Crippen LogP contribution in [0.3, 0.4) is 0 Å². The zero-order valence-electron chi connectivity index (χ0n) is 11.3. The van der Waals surface area contributed by atoms with Gasteiger partial charge in [-0.25, -0.2) is 4.79 Å². The first kappa shape index (κ1) is 13.1. The average molecular weight is 278 g/mol. The molecule has 0 saturated heterocycles. The Hall–Kier alpha value is -2.88. The summed E-state index contributed by atoms with van der Waals surface area (Å²) in [6, 6.07) is 19.4. The van der Waals surface area contributed by atoms with Gasteiger partial charge in [0.1, 0.15) is 0 Å². The third-order valence-corrected chi connectivity index (χ3v) is 3.26. The van der Waals surface area contributed by atoms with Crippen LogP contribution in [0.25, 0.3) is 10.9 Å². The molecular weight excluding hydrogens is 264 g/mol. The van der Waals surface area contributed by atoms with Gasteiger partial charge in [-0.1, -0.05) is 48.5 Å². The molecule has 21 heavy (non-hydrogen) atoms. The van der Waals surface area contributed by atoms with E-state index < -0.39 is 6.09 Å². The van der Waals surface area contributed by atoms with E-state index >= 15 is 0 Å². The Labute approximate surface area is 122 Å². The van der Waals surface area contributed by atoms with Crippen LogP contribution in [0.15, 0.2) is 60.7 Å². The Morgan fingerprint density at radius 2 is 1.76 bits per heavy atom. The Balaban J connectivity index is 2.07. The van der Waals surface area contributed by atoms with Gasteiger partial charge in [-0.05, 0) is 17.7 Å². The number of nitrogens with zero attached hydrogens (tertiary/aromatic N) is 1. The monoisotopic (exact) mass is 278 g/mol. The summed E-state index contributed by atoms with van der Waals surface area (Å²) in [6.07, 6.45) is -0.497. The highest BCUT2D eigenvalue weighted by atomic mass is 16.4. The Morgan fingerprint density at radius 1 is 1.05 bits per heavy atom. The molecule has 3 rings (SSSR count). The summed E-state index contributed by atoms with van der Waals surface area (Å²) in [7, 11) is 0. The second-order valence-corrected chi connectivity index (χ2v) is 4.77. The molecular formula is C17H14N2O2.